The third-order valence-corrected chi connectivity index (χ3v) is 3.69. The number of hydrogen-bond donors (Lipinski definition) is 0. The van der Waals surface area contributed by atoms with Crippen molar-refractivity contribution in [3.05, 3.63) is 47.2 Å². The Hall–Kier alpha value is -1.40. The molecule has 2 rings (SSSR count). The lowest BCUT2D eigenvalue weighted by molar-refractivity contribution is 0.478. The molecule has 0 atom stereocenters. The van der Waals surface area contributed by atoms with E-state index in [4.69, 9.17) is 4.74 Å². The number of halogens is 1. The lowest BCUT2D eigenvalue weighted by atomic mass is 10.3. The Balaban J connectivity index is 2.30. The number of ether oxygens (including phenoxy) is 1. The maximum absolute atomic E-state index is 11.4. The molecule has 0 aliphatic rings. The average Bonchev–Trinajstić information content (AvgIpc) is 2.28. The van der Waals surface area contributed by atoms with Crippen LogP contribution in [0.1, 0.15) is 0 Å². The predicted octanol–water partition coefficient (Wildman–Crippen LogP) is 3.04. The van der Waals surface area contributed by atoms with Gasteiger partial charge in [0.15, 0.2) is 9.84 Å². The summed E-state index contributed by atoms with van der Waals surface area (Å²) in [5, 5.41) is 0. The van der Waals surface area contributed by atoms with Crippen LogP contribution >= 0.6 is 15.9 Å². The fourth-order valence-electron chi connectivity index (χ4n) is 1.35. The van der Waals surface area contributed by atoms with Crippen molar-refractivity contribution in [2.75, 3.05) is 6.26 Å². The van der Waals surface area contributed by atoms with Crippen LogP contribution in [0.15, 0.2) is 52.1 Å². The molecule has 0 radical (unpaired) electrons. The number of sulfone groups is 1. The second kappa shape index (κ2) is 5.07. The molecule has 0 bridgehead atoms. The summed E-state index contributed by atoms with van der Waals surface area (Å²) in [6.07, 6.45) is 4.35. The van der Waals surface area contributed by atoms with Crippen molar-refractivity contribution in [1.82, 2.24) is 4.98 Å². The molecule has 0 aliphatic carbocycles. The highest BCUT2D eigenvalue weighted by Gasteiger charge is 2.08. The molecule has 18 heavy (non-hydrogen) atoms. The summed E-state index contributed by atoms with van der Waals surface area (Å²) in [7, 11) is -3.23. The molecule has 0 unspecified atom stereocenters. The van der Waals surface area contributed by atoms with Gasteiger partial charge in [-0.3, -0.25) is 4.98 Å². The molecule has 1 aromatic heterocycles. The highest BCUT2D eigenvalue weighted by atomic mass is 79.9. The number of rotatable bonds is 3. The zero-order chi connectivity index (χ0) is 13.2. The minimum Gasteiger partial charge on any atom is -0.456 e. The van der Waals surface area contributed by atoms with E-state index in [1.165, 1.54) is 12.1 Å². The molecule has 94 valence electrons. The molecule has 0 saturated carbocycles. The van der Waals surface area contributed by atoms with E-state index in [0.29, 0.717) is 11.5 Å². The molecule has 1 heterocycles. The molecule has 6 heteroatoms. The zero-order valence-corrected chi connectivity index (χ0v) is 11.9. The van der Waals surface area contributed by atoms with Crippen molar-refractivity contribution in [1.29, 1.82) is 0 Å². The van der Waals surface area contributed by atoms with Gasteiger partial charge in [-0.1, -0.05) is 6.07 Å². The minimum atomic E-state index is -3.23. The van der Waals surface area contributed by atoms with Gasteiger partial charge in [0, 0.05) is 16.9 Å². The highest BCUT2D eigenvalue weighted by molar-refractivity contribution is 9.10. The van der Waals surface area contributed by atoms with Gasteiger partial charge in [-0.25, -0.2) is 8.42 Å². The van der Waals surface area contributed by atoms with E-state index in [0.717, 1.165) is 10.7 Å². The first-order valence-electron chi connectivity index (χ1n) is 5.04. The topological polar surface area (TPSA) is 56.3 Å². The summed E-state index contributed by atoms with van der Waals surface area (Å²) < 4.78 is 29.2. The first-order valence-corrected chi connectivity index (χ1v) is 7.72. The van der Waals surface area contributed by atoms with Crippen molar-refractivity contribution < 1.29 is 13.2 Å². The summed E-state index contributed by atoms with van der Waals surface area (Å²) >= 11 is 3.28. The fourth-order valence-corrected chi connectivity index (χ4v) is 2.35. The number of aromatic nitrogens is 1. The first-order chi connectivity index (χ1) is 8.45. The lowest BCUT2D eigenvalue weighted by Gasteiger charge is -2.06. The minimum absolute atomic E-state index is 0.225. The van der Waals surface area contributed by atoms with Crippen molar-refractivity contribution in [3.8, 4) is 11.5 Å². The van der Waals surface area contributed by atoms with Crippen LogP contribution in [0.5, 0.6) is 11.5 Å². The van der Waals surface area contributed by atoms with Crippen LogP contribution < -0.4 is 4.74 Å². The molecular weight excluding hydrogens is 318 g/mol. The SMILES string of the molecule is CS(=O)(=O)c1cccc(Oc2cncc(Br)c2)c1. The summed E-state index contributed by atoms with van der Waals surface area (Å²) in [4.78, 5) is 4.19. The van der Waals surface area contributed by atoms with Crippen molar-refractivity contribution in [2.24, 2.45) is 0 Å². The van der Waals surface area contributed by atoms with Crippen LogP contribution in [0.4, 0.5) is 0 Å². The number of benzene rings is 1. The summed E-state index contributed by atoms with van der Waals surface area (Å²) in [6.45, 7) is 0. The Bertz CT molecular complexity index is 671. The Morgan fingerprint density at radius 3 is 2.61 bits per heavy atom. The zero-order valence-electron chi connectivity index (χ0n) is 9.50. The molecule has 0 saturated heterocycles. The van der Waals surface area contributed by atoms with Gasteiger partial charge < -0.3 is 4.74 Å². The second-order valence-electron chi connectivity index (χ2n) is 3.69. The van der Waals surface area contributed by atoms with E-state index in [1.54, 1.807) is 30.6 Å². The Morgan fingerprint density at radius 2 is 1.94 bits per heavy atom. The van der Waals surface area contributed by atoms with Gasteiger partial charge in [0.05, 0.1) is 11.1 Å². The number of pyridine rings is 1. The highest BCUT2D eigenvalue weighted by Crippen LogP contribution is 2.25. The van der Waals surface area contributed by atoms with E-state index in [9.17, 15) is 8.42 Å². The first kappa shape index (κ1) is 13.0. The Labute approximate surface area is 114 Å². The maximum atomic E-state index is 11.4. The van der Waals surface area contributed by atoms with E-state index in [2.05, 4.69) is 20.9 Å². The fraction of sp³-hybridized carbons (Fsp3) is 0.0833. The largest absolute Gasteiger partial charge is 0.456 e. The molecule has 0 amide bonds. The maximum Gasteiger partial charge on any atom is 0.175 e. The van der Waals surface area contributed by atoms with E-state index >= 15 is 0 Å². The summed E-state index contributed by atoms with van der Waals surface area (Å²) in [6, 6.07) is 8.09. The number of hydrogen-bond acceptors (Lipinski definition) is 4. The Morgan fingerprint density at radius 1 is 1.17 bits per heavy atom. The van der Waals surface area contributed by atoms with Crippen molar-refractivity contribution in [3.63, 3.8) is 0 Å². The summed E-state index contributed by atoms with van der Waals surface area (Å²) in [5.74, 6) is 0.993. The Kier molecular flexibility index (Phi) is 3.68. The third kappa shape index (κ3) is 3.30. The van der Waals surface area contributed by atoms with E-state index in [1.807, 2.05) is 0 Å². The average molecular weight is 328 g/mol. The molecule has 0 fully saturated rings. The van der Waals surface area contributed by atoms with Crippen LogP contribution in [0.3, 0.4) is 0 Å². The van der Waals surface area contributed by atoms with Gasteiger partial charge in [0.2, 0.25) is 0 Å². The smallest absolute Gasteiger partial charge is 0.175 e. The third-order valence-electron chi connectivity index (χ3n) is 2.15. The molecule has 4 nitrogen and oxygen atoms in total. The van der Waals surface area contributed by atoms with Crippen molar-refractivity contribution >= 4 is 25.8 Å². The normalized spacial score (nSPS) is 11.2. The van der Waals surface area contributed by atoms with E-state index in [-0.39, 0.29) is 4.90 Å². The van der Waals surface area contributed by atoms with Gasteiger partial charge in [-0.15, -0.1) is 0 Å². The molecule has 2 aromatic rings. The molecule has 0 spiro atoms. The van der Waals surface area contributed by atoms with Crippen LogP contribution in [0.25, 0.3) is 0 Å². The second-order valence-corrected chi connectivity index (χ2v) is 6.62. The van der Waals surface area contributed by atoms with Gasteiger partial charge in [-0.2, -0.15) is 0 Å². The van der Waals surface area contributed by atoms with Gasteiger partial charge in [0.1, 0.15) is 11.5 Å². The van der Waals surface area contributed by atoms with Crippen LogP contribution in [0.2, 0.25) is 0 Å². The van der Waals surface area contributed by atoms with Crippen LogP contribution in [-0.4, -0.2) is 19.7 Å². The lowest BCUT2D eigenvalue weighted by Crippen LogP contribution is -1.97. The van der Waals surface area contributed by atoms with Gasteiger partial charge >= 0.3 is 0 Å². The van der Waals surface area contributed by atoms with Crippen LogP contribution in [-0.2, 0) is 9.84 Å². The van der Waals surface area contributed by atoms with Crippen LogP contribution in [0, 0.1) is 0 Å². The molecule has 0 aliphatic heterocycles. The quantitative estimate of drug-likeness (QED) is 0.869. The summed E-state index contributed by atoms with van der Waals surface area (Å²) in [5.41, 5.74) is 0. The van der Waals surface area contributed by atoms with Gasteiger partial charge in [0.25, 0.3) is 0 Å². The van der Waals surface area contributed by atoms with Gasteiger partial charge in [-0.05, 0) is 40.2 Å². The monoisotopic (exact) mass is 327 g/mol. The van der Waals surface area contributed by atoms with Crippen molar-refractivity contribution in [2.45, 2.75) is 4.90 Å². The van der Waals surface area contributed by atoms with E-state index < -0.39 is 9.84 Å². The molecule has 1 aromatic carbocycles. The molecular formula is C12H10BrNO3S. The number of nitrogens with zero attached hydrogens (tertiary/aromatic N) is 1. The predicted molar refractivity (Wildman–Crippen MR) is 71.6 cm³/mol. The molecule has 0 N–H and O–H groups in total. The standard InChI is InChI=1S/C12H10BrNO3S/c1-18(15,16)12-4-2-3-10(6-12)17-11-5-9(13)7-14-8-11/h2-8H,1H3.